The average Bonchev–Trinajstić information content (AvgIpc) is 3.06. The number of hydrogen-bond acceptors (Lipinski definition) is 2. The van der Waals surface area contributed by atoms with Gasteiger partial charge in [-0.05, 0) is 17.5 Å². The Morgan fingerprint density at radius 1 is 1.00 bits per heavy atom. The molecule has 0 aliphatic carbocycles. The van der Waals surface area contributed by atoms with E-state index in [1.165, 1.54) is 11.1 Å². The molecular weight excluding hydrogens is 284 g/mol. The number of benzene rings is 2. The largest absolute Gasteiger partial charge is 0.341 e. The zero-order valence-corrected chi connectivity index (χ0v) is 13.7. The summed E-state index contributed by atoms with van der Waals surface area (Å²) in [5.41, 5.74) is 2.65. The van der Waals surface area contributed by atoms with Gasteiger partial charge in [0.25, 0.3) is 0 Å². The van der Waals surface area contributed by atoms with Gasteiger partial charge in [-0.25, -0.2) is 0 Å². The summed E-state index contributed by atoms with van der Waals surface area (Å²) in [6, 6.07) is 21.6. The van der Waals surface area contributed by atoms with Gasteiger partial charge >= 0.3 is 0 Å². The SMILES string of the molecule is CC(=O)N1CCC(N(Cc2ccccc2)Cc2ccccc2)C1. The van der Waals surface area contributed by atoms with E-state index in [0.29, 0.717) is 6.04 Å². The first-order valence-electron chi connectivity index (χ1n) is 8.30. The molecule has 1 unspecified atom stereocenters. The summed E-state index contributed by atoms with van der Waals surface area (Å²) < 4.78 is 0. The van der Waals surface area contributed by atoms with E-state index >= 15 is 0 Å². The maximum absolute atomic E-state index is 11.6. The summed E-state index contributed by atoms with van der Waals surface area (Å²) in [6.45, 7) is 5.23. The van der Waals surface area contributed by atoms with Gasteiger partial charge in [-0.1, -0.05) is 60.7 Å². The number of amides is 1. The van der Waals surface area contributed by atoms with Crippen LogP contribution >= 0.6 is 0 Å². The second kappa shape index (κ2) is 7.42. The summed E-state index contributed by atoms with van der Waals surface area (Å²) in [7, 11) is 0. The molecule has 0 N–H and O–H groups in total. The lowest BCUT2D eigenvalue weighted by Crippen LogP contribution is -2.37. The molecule has 1 aliphatic heterocycles. The van der Waals surface area contributed by atoms with Gasteiger partial charge in [0.05, 0.1) is 0 Å². The average molecular weight is 308 g/mol. The molecule has 0 aromatic heterocycles. The summed E-state index contributed by atoms with van der Waals surface area (Å²) in [5.74, 6) is 0.187. The molecular formula is C20H24N2O. The van der Waals surface area contributed by atoms with Crippen molar-refractivity contribution in [3.05, 3.63) is 71.8 Å². The monoisotopic (exact) mass is 308 g/mol. The Morgan fingerprint density at radius 3 is 1.96 bits per heavy atom. The lowest BCUT2D eigenvalue weighted by molar-refractivity contribution is -0.128. The molecule has 23 heavy (non-hydrogen) atoms. The summed E-state index contributed by atoms with van der Waals surface area (Å²) in [4.78, 5) is 16.1. The van der Waals surface area contributed by atoms with Crippen LogP contribution in [0.2, 0.25) is 0 Å². The predicted octanol–water partition coefficient (Wildman–Crippen LogP) is 3.31. The Kier molecular flexibility index (Phi) is 5.09. The number of nitrogens with zero attached hydrogens (tertiary/aromatic N) is 2. The Bertz CT molecular complexity index is 585. The second-order valence-electron chi connectivity index (χ2n) is 6.28. The maximum atomic E-state index is 11.6. The molecule has 0 bridgehead atoms. The number of hydrogen-bond donors (Lipinski definition) is 0. The number of carbonyl (C=O) groups is 1. The third kappa shape index (κ3) is 4.20. The maximum Gasteiger partial charge on any atom is 0.219 e. The van der Waals surface area contributed by atoms with Gasteiger partial charge in [0.1, 0.15) is 0 Å². The van der Waals surface area contributed by atoms with Crippen molar-refractivity contribution < 1.29 is 4.79 Å². The molecule has 1 amide bonds. The van der Waals surface area contributed by atoms with Crippen molar-refractivity contribution in [2.45, 2.75) is 32.5 Å². The Labute approximate surface area is 138 Å². The molecule has 1 heterocycles. The lowest BCUT2D eigenvalue weighted by atomic mass is 10.1. The van der Waals surface area contributed by atoms with Crippen LogP contribution in [0.5, 0.6) is 0 Å². The fraction of sp³-hybridized carbons (Fsp3) is 0.350. The van der Waals surface area contributed by atoms with E-state index in [0.717, 1.165) is 32.6 Å². The van der Waals surface area contributed by atoms with Crippen LogP contribution in [0, 0.1) is 0 Å². The van der Waals surface area contributed by atoms with E-state index in [1.54, 1.807) is 6.92 Å². The van der Waals surface area contributed by atoms with E-state index in [4.69, 9.17) is 0 Å². The molecule has 1 saturated heterocycles. The van der Waals surface area contributed by atoms with Gasteiger partial charge in [-0.15, -0.1) is 0 Å². The molecule has 2 aromatic rings. The molecule has 120 valence electrons. The third-order valence-corrected chi connectivity index (χ3v) is 4.58. The van der Waals surface area contributed by atoms with Crippen LogP contribution in [0.25, 0.3) is 0 Å². The van der Waals surface area contributed by atoms with E-state index in [-0.39, 0.29) is 5.91 Å². The zero-order valence-electron chi connectivity index (χ0n) is 13.7. The van der Waals surface area contributed by atoms with Gasteiger partial charge in [0.2, 0.25) is 5.91 Å². The van der Waals surface area contributed by atoms with Crippen LogP contribution in [0.15, 0.2) is 60.7 Å². The molecule has 3 nitrogen and oxygen atoms in total. The first-order valence-corrected chi connectivity index (χ1v) is 8.30. The minimum absolute atomic E-state index is 0.187. The molecule has 1 fully saturated rings. The third-order valence-electron chi connectivity index (χ3n) is 4.58. The Hall–Kier alpha value is -2.13. The second-order valence-corrected chi connectivity index (χ2v) is 6.28. The van der Waals surface area contributed by atoms with Gasteiger partial charge in [0.15, 0.2) is 0 Å². The van der Waals surface area contributed by atoms with Crippen molar-refractivity contribution in [2.24, 2.45) is 0 Å². The minimum atomic E-state index is 0.187. The van der Waals surface area contributed by atoms with Crippen molar-refractivity contribution in [2.75, 3.05) is 13.1 Å². The molecule has 0 saturated carbocycles. The fourth-order valence-electron chi connectivity index (χ4n) is 3.28. The minimum Gasteiger partial charge on any atom is -0.341 e. The van der Waals surface area contributed by atoms with E-state index in [1.807, 2.05) is 4.90 Å². The van der Waals surface area contributed by atoms with E-state index in [9.17, 15) is 4.79 Å². The van der Waals surface area contributed by atoms with Crippen molar-refractivity contribution in [1.29, 1.82) is 0 Å². The van der Waals surface area contributed by atoms with Crippen LogP contribution in [0.1, 0.15) is 24.5 Å². The van der Waals surface area contributed by atoms with E-state index in [2.05, 4.69) is 65.6 Å². The van der Waals surface area contributed by atoms with Gasteiger partial charge in [-0.2, -0.15) is 0 Å². The van der Waals surface area contributed by atoms with Crippen molar-refractivity contribution >= 4 is 5.91 Å². The standard InChI is InChI=1S/C20H24N2O/c1-17(23)21-13-12-20(16-21)22(14-18-8-4-2-5-9-18)15-19-10-6-3-7-11-19/h2-11,20H,12-16H2,1H3. The number of carbonyl (C=O) groups excluding carboxylic acids is 1. The zero-order chi connectivity index (χ0) is 16.1. The van der Waals surface area contributed by atoms with Gasteiger partial charge in [-0.3, -0.25) is 9.69 Å². The van der Waals surface area contributed by atoms with Crippen molar-refractivity contribution in [1.82, 2.24) is 9.80 Å². The van der Waals surface area contributed by atoms with Crippen LogP contribution < -0.4 is 0 Å². The smallest absolute Gasteiger partial charge is 0.219 e. The molecule has 1 aliphatic rings. The number of rotatable bonds is 5. The lowest BCUT2D eigenvalue weighted by Gasteiger charge is -2.29. The molecule has 2 aromatic carbocycles. The van der Waals surface area contributed by atoms with Gasteiger partial charge < -0.3 is 4.90 Å². The summed E-state index contributed by atoms with van der Waals surface area (Å²) >= 11 is 0. The first kappa shape index (κ1) is 15.8. The van der Waals surface area contributed by atoms with E-state index < -0.39 is 0 Å². The molecule has 3 rings (SSSR count). The predicted molar refractivity (Wildman–Crippen MR) is 92.8 cm³/mol. The van der Waals surface area contributed by atoms with Crippen LogP contribution in [0.3, 0.4) is 0 Å². The van der Waals surface area contributed by atoms with Crippen LogP contribution in [-0.2, 0) is 17.9 Å². The quantitative estimate of drug-likeness (QED) is 0.846. The highest BCUT2D eigenvalue weighted by molar-refractivity contribution is 5.73. The van der Waals surface area contributed by atoms with Crippen LogP contribution in [0.4, 0.5) is 0 Å². The number of likely N-dealkylation sites (tertiary alicyclic amines) is 1. The highest BCUT2D eigenvalue weighted by Gasteiger charge is 2.29. The van der Waals surface area contributed by atoms with Gasteiger partial charge in [0, 0.05) is 39.1 Å². The Balaban J connectivity index is 1.74. The van der Waals surface area contributed by atoms with Crippen LogP contribution in [-0.4, -0.2) is 34.8 Å². The normalized spacial score (nSPS) is 17.7. The molecule has 3 heteroatoms. The van der Waals surface area contributed by atoms with Crippen molar-refractivity contribution in [3.63, 3.8) is 0 Å². The Morgan fingerprint density at radius 2 is 1.52 bits per heavy atom. The first-order chi connectivity index (χ1) is 11.2. The molecule has 1 atom stereocenters. The highest BCUT2D eigenvalue weighted by atomic mass is 16.2. The summed E-state index contributed by atoms with van der Waals surface area (Å²) in [5, 5.41) is 0. The van der Waals surface area contributed by atoms with Crippen molar-refractivity contribution in [3.8, 4) is 0 Å². The summed E-state index contributed by atoms with van der Waals surface area (Å²) in [6.07, 6.45) is 1.05. The topological polar surface area (TPSA) is 23.6 Å². The fourth-order valence-corrected chi connectivity index (χ4v) is 3.28. The molecule has 0 radical (unpaired) electrons. The highest BCUT2D eigenvalue weighted by Crippen LogP contribution is 2.21. The molecule has 0 spiro atoms.